The summed E-state index contributed by atoms with van der Waals surface area (Å²) in [7, 11) is 0. The van der Waals surface area contributed by atoms with Crippen molar-refractivity contribution in [1.29, 1.82) is 0 Å². The maximum Gasteiger partial charge on any atom is 0.434 e. The maximum absolute atomic E-state index is 13.3. The third kappa shape index (κ3) is 2.92. The molecule has 9 heteroatoms. The zero-order valence-corrected chi connectivity index (χ0v) is 12.4. The first-order valence-corrected chi connectivity index (χ1v) is 6.59. The van der Waals surface area contributed by atoms with E-state index in [4.69, 9.17) is 11.6 Å². The third-order valence-electron chi connectivity index (χ3n) is 2.80. The van der Waals surface area contributed by atoms with E-state index < -0.39 is 23.4 Å². The molecule has 0 atom stereocenters. The first kappa shape index (κ1) is 16.3. The van der Waals surface area contributed by atoms with E-state index in [0.717, 1.165) is 6.20 Å². The van der Waals surface area contributed by atoms with E-state index in [1.54, 1.807) is 6.92 Å². The lowest BCUT2D eigenvalue weighted by atomic mass is 10.2. The fraction of sp³-hybridized carbons (Fsp3) is 0.308. The number of pyridine rings is 1. The number of hydrogen-bond donors (Lipinski definition) is 0. The Labute approximate surface area is 128 Å². The van der Waals surface area contributed by atoms with Crippen molar-refractivity contribution in [2.45, 2.75) is 20.0 Å². The minimum absolute atomic E-state index is 0.0166. The Bertz CT molecular complexity index is 713. The summed E-state index contributed by atoms with van der Waals surface area (Å²) < 4.78 is 45.2. The molecule has 0 amide bonds. The first-order valence-electron chi connectivity index (χ1n) is 6.21. The van der Waals surface area contributed by atoms with Crippen molar-refractivity contribution < 1.29 is 22.7 Å². The van der Waals surface area contributed by atoms with Crippen LogP contribution in [0.5, 0.6) is 0 Å². The molecule has 22 heavy (non-hydrogen) atoms. The number of aryl methyl sites for hydroxylation is 1. The molecule has 2 rings (SSSR count). The van der Waals surface area contributed by atoms with Crippen LogP contribution in [0.25, 0.3) is 5.69 Å². The molecule has 2 aromatic heterocycles. The minimum Gasteiger partial charge on any atom is -0.462 e. The van der Waals surface area contributed by atoms with Gasteiger partial charge in [-0.15, -0.1) is 0 Å². The monoisotopic (exact) mass is 333 g/mol. The second kappa shape index (κ2) is 5.96. The molecule has 2 heterocycles. The lowest BCUT2D eigenvalue weighted by Crippen LogP contribution is -2.18. The lowest BCUT2D eigenvalue weighted by Gasteiger charge is -2.13. The molecule has 0 saturated heterocycles. The number of ether oxygens (including phenoxy) is 1. The van der Waals surface area contributed by atoms with Crippen LogP contribution < -0.4 is 0 Å². The van der Waals surface area contributed by atoms with Gasteiger partial charge in [-0.25, -0.2) is 9.48 Å². The summed E-state index contributed by atoms with van der Waals surface area (Å²) in [5.41, 5.74) is -1.57. The molecule has 0 saturated carbocycles. The quantitative estimate of drug-likeness (QED) is 0.808. The van der Waals surface area contributed by atoms with Crippen LogP contribution in [0.4, 0.5) is 13.2 Å². The predicted octanol–water partition coefficient (Wildman–Crippen LogP) is 3.42. The summed E-state index contributed by atoms with van der Waals surface area (Å²) >= 11 is 5.99. The summed E-state index contributed by atoms with van der Waals surface area (Å²) in [5.74, 6) is -1.09. The van der Waals surface area contributed by atoms with Crippen LogP contribution >= 0.6 is 11.6 Å². The highest BCUT2D eigenvalue weighted by Gasteiger charge is 2.41. The van der Waals surface area contributed by atoms with Gasteiger partial charge in [-0.3, -0.25) is 4.98 Å². The van der Waals surface area contributed by atoms with Gasteiger partial charge in [0.05, 0.1) is 29.2 Å². The fourth-order valence-corrected chi connectivity index (χ4v) is 2.05. The van der Waals surface area contributed by atoms with Gasteiger partial charge in [0.1, 0.15) is 5.56 Å². The smallest absolute Gasteiger partial charge is 0.434 e. The predicted molar refractivity (Wildman–Crippen MR) is 72.1 cm³/mol. The van der Waals surface area contributed by atoms with Crippen LogP contribution in [-0.2, 0) is 10.9 Å². The van der Waals surface area contributed by atoms with Crippen molar-refractivity contribution >= 4 is 17.6 Å². The largest absolute Gasteiger partial charge is 0.462 e. The second-order valence-electron chi connectivity index (χ2n) is 4.27. The van der Waals surface area contributed by atoms with E-state index in [1.165, 1.54) is 19.2 Å². The van der Waals surface area contributed by atoms with Crippen LogP contribution in [0.3, 0.4) is 0 Å². The average molecular weight is 334 g/mol. The fourth-order valence-electron chi connectivity index (χ4n) is 1.86. The normalized spacial score (nSPS) is 11.5. The van der Waals surface area contributed by atoms with E-state index in [2.05, 4.69) is 14.8 Å². The molecule has 5 nitrogen and oxygen atoms in total. The number of rotatable bonds is 3. The number of nitrogens with zero attached hydrogens (tertiary/aromatic N) is 3. The summed E-state index contributed by atoms with van der Waals surface area (Å²) in [6, 6.07) is 1.28. The van der Waals surface area contributed by atoms with Crippen LogP contribution in [0.2, 0.25) is 5.02 Å². The average Bonchev–Trinajstić information content (AvgIpc) is 2.87. The highest BCUT2D eigenvalue weighted by Crippen LogP contribution is 2.35. The molecule has 0 spiro atoms. The van der Waals surface area contributed by atoms with E-state index in [1.807, 2.05) is 0 Å². The molecular formula is C13H11ClF3N3O2. The van der Waals surface area contributed by atoms with Gasteiger partial charge >= 0.3 is 12.1 Å². The van der Waals surface area contributed by atoms with E-state index >= 15 is 0 Å². The molecule has 0 aromatic carbocycles. The van der Waals surface area contributed by atoms with E-state index in [0.29, 0.717) is 10.4 Å². The molecule has 0 N–H and O–H groups in total. The van der Waals surface area contributed by atoms with Gasteiger partial charge in [-0.05, 0) is 19.9 Å². The first-order chi connectivity index (χ1) is 10.3. The molecule has 0 aliphatic heterocycles. The summed E-state index contributed by atoms with van der Waals surface area (Å²) in [6.45, 7) is 3.00. The zero-order chi connectivity index (χ0) is 16.5. The Morgan fingerprint density at radius 1 is 1.45 bits per heavy atom. The molecular weight excluding hydrogens is 323 g/mol. The number of carbonyl (C=O) groups is 1. The van der Waals surface area contributed by atoms with Crippen LogP contribution in [-0.4, -0.2) is 27.3 Å². The van der Waals surface area contributed by atoms with E-state index in [-0.39, 0.29) is 17.3 Å². The molecule has 0 unspecified atom stereocenters. The Morgan fingerprint density at radius 3 is 2.73 bits per heavy atom. The van der Waals surface area contributed by atoms with Crippen molar-refractivity contribution in [2.24, 2.45) is 0 Å². The molecule has 0 aliphatic carbocycles. The van der Waals surface area contributed by atoms with Crippen LogP contribution in [0.1, 0.15) is 28.7 Å². The summed E-state index contributed by atoms with van der Waals surface area (Å²) in [5, 5.41) is 3.66. The Hall–Kier alpha value is -2.09. The lowest BCUT2D eigenvalue weighted by molar-refractivity contribution is -0.143. The maximum atomic E-state index is 13.3. The third-order valence-corrected chi connectivity index (χ3v) is 3.27. The van der Waals surface area contributed by atoms with Crippen molar-refractivity contribution in [1.82, 2.24) is 14.8 Å². The summed E-state index contributed by atoms with van der Waals surface area (Å²) in [6.07, 6.45) is -2.69. The highest BCUT2D eigenvalue weighted by atomic mass is 35.5. The van der Waals surface area contributed by atoms with Gasteiger partial charge in [0.15, 0.2) is 5.69 Å². The Balaban J connectivity index is 2.68. The molecule has 118 valence electrons. The Kier molecular flexibility index (Phi) is 4.41. The molecule has 0 aliphatic rings. The molecule has 0 fully saturated rings. The SMILES string of the molecule is CCOC(=O)c1cnn(-c2ccnc(C)c2Cl)c1C(F)(F)F. The van der Waals surface area contributed by atoms with Gasteiger partial charge in [0.2, 0.25) is 0 Å². The summed E-state index contributed by atoms with van der Waals surface area (Å²) in [4.78, 5) is 15.6. The molecule has 2 aromatic rings. The number of hydrogen-bond acceptors (Lipinski definition) is 4. The number of aromatic nitrogens is 3. The van der Waals surface area contributed by atoms with Crippen molar-refractivity contribution in [3.05, 3.63) is 40.4 Å². The molecule has 0 radical (unpaired) electrons. The number of esters is 1. The van der Waals surface area contributed by atoms with E-state index in [9.17, 15) is 18.0 Å². The van der Waals surface area contributed by atoms with Gasteiger partial charge in [-0.2, -0.15) is 18.3 Å². The number of carbonyl (C=O) groups excluding carboxylic acids is 1. The van der Waals surface area contributed by atoms with Crippen molar-refractivity contribution in [2.75, 3.05) is 6.61 Å². The zero-order valence-electron chi connectivity index (χ0n) is 11.6. The number of halogens is 4. The van der Waals surface area contributed by atoms with Crippen LogP contribution in [0, 0.1) is 6.92 Å². The second-order valence-corrected chi connectivity index (χ2v) is 4.64. The van der Waals surface area contributed by atoms with Crippen molar-refractivity contribution in [3.63, 3.8) is 0 Å². The minimum atomic E-state index is -4.81. The van der Waals surface area contributed by atoms with Gasteiger partial charge in [-0.1, -0.05) is 11.6 Å². The van der Waals surface area contributed by atoms with Gasteiger partial charge in [0, 0.05) is 6.20 Å². The topological polar surface area (TPSA) is 57.0 Å². The highest BCUT2D eigenvalue weighted by molar-refractivity contribution is 6.33. The van der Waals surface area contributed by atoms with Crippen LogP contribution in [0.15, 0.2) is 18.5 Å². The standard InChI is InChI=1S/C13H11ClF3N3O2/c1-3-22-12(21)8-6-19-20(11(8)13(15,16)17)9-4-5-18-7(2)10(9)14/h4-6H,3H2,1-2H3. The van der Waals surface area contributed by atoms with Crippen molar-refractivity contribution in [3.8, 4) is 5.69 Å². The van der Waals surface area contributed by atoms with Gasteiger partial charge in [0.25, 0.3) is 0 Å². The Morgan fingerprint density at radius 2 is 2.14 bits per heavy atom. The number of alkyl halides is 3. The molecule has 0 bridgehead atoms. The van der Waals surface area contributed by atoms with Gasteiger partial charge < -0.3 is 4.74 Å².